The van der Waals surface area contributed by atoms with E-state index in [1.54, 1.807) is 23.1 Å². The molecule has 2 saturated heterocycles. The Morgan fingerprint density at radius 1 is 1.12 bits per heavy atom. The van der Waals surface area contributed by atoms with Crippen molar-refractivity contribution in [1.82, 2.24) is 15.5 Å². The molecule has 0 aromatic heterocycles. The predicted octanol–water partition coefficient (Wildman–Crippen LogP) is 1.44. The SMILES string of the molecule is O=C(N[C@@H](CCS(=O)(=O)c1ccccc1)C(=O)O)[C@@H]1CCCN(C(=O)CCC2CCNCC2)C1. The van der Waals surface area contributed by atoms with E-state index in [0.717, 1.165) is 32.4 Å². The molecule has 0 spiro atoms. The maximum Gasteiger partial charge on any atom is 0.326 e. The first-order chi connectivity index (χ1) is 16.3. The zero-order valence-electron chi connectivity index (χ0n) is 19.4. The Labute approximate surface area is 201 Å². The van der Waals surface area contributed by atoms with Crippen LogP contribution in [0.3, 0.4) is 0 Å². The van der Waals surface area contributed by atoms with Crippen molar-refractivity contribution in [2.75, 3.05) is 31.9 Å². The van der Waals surface area contributed by atoms with Gasteiger partial charge in [0.15, 0.2) is 9.84 Å². The van der Waals surface area contributed by atoms with Gasteiger partial charge in [-0.05, 0) is 69.7 Å². The normalized spacial score (nSPS) is 20.5. The lowest BCUT2D eigenvalue weighted by molar-refractivity contribution is -0.143. The average Bonchev–Trinajstić information content (AvgIpc) is 2.86. The van der Waals surface area contributed by atoms with Crippen molar-refractivity contribution in [1.29, 1.82) is 0 Å². The minimum absolute atomic E-state index is 0.0415. The van der Waals surface area contributed by atoms with Crippen molar-refractivity contribution in [3.05, 3.63) is 30.3 Å². The number of amides is 2. The average molecular weight is 494 g/mol. The monoisotopic (exact) mass is 493 g/mol. The maximum atomic E-state index is 12.8. The number of hydrogen-bond donors (Lipinski definition) is 3. The van der Waals surface area contributed by atoms with Crippen LogP contribution in [0.2, 0.25) is 0 Å². The molecule has 2 aliphatic rings. The van der Waals surface area contributed by atoms with E-state index >= 15 is 0 Å². The largest absolute Gasteiger partial charge is 0.480 e. The van der Waals surface area contributed by atoms with E-state index in [0.29, 0.717) is 31.7 Å². The third kappa shape index (κ3) is 7.53. The second-order valence-electron chi connectivity index (χ2n) is 9.23. The number of carbonyl (C=O) groups excluding carboxylic acids is 2. The molecule has 9 nitrogen and oxygen atoms in total. The number of sulfone groups is 1. The number of aliphatic carboxylic acids is 1. The van der Waals surface area contributed by atoms with Gasteiger partial charge in [0.1, 0.15) is 6.04 Å². The van der Waals surface area contributed by atoms with E-state index in [4.69, 9.17) is 0 Å². The Balaban J connectivity index is 1.50. The molecular formula is C24H35N3O6S. The lowest BCUT2D eigenvalue weighted by Crippen LogP contribution is -2.49. The number of nitrogens with zero attached hydrogens (tertiary/aromatic N) is 1. The van der Waals surface area contributed by atoms with Gasteiger partial charge < -0.3 is 20.6 Å². The molecule has 0 saturated carbocycles. The number of carbonyl (C=O) groups is 3. The molecule has 1 aromatic rings. The molecule has 0 radical (unpaired) electrons. The van der Waals surface area contributed by atoms with Gasteiger partial charge in [-0.3, -0.25) is 9.59 Å². The Morgan fingerprint density at radius 2 is 1.82 bits per heavy atom. The third-order valence-corrected chi connectivity index (χ3v) is 8.53. The highest BCUT2D eigenvalue weighted by Gasteiger charge is 2.32. The molecule has 2 aliphatic heterocycles. The van der Waals surface area contributed by atoms with Crippen LogP contribution in [0.25, 0.3) is 0 Å². The van der Waals surface area contributed by atoms with Crippen LogP contribution in [-0.4, -0.2) is 74.2 Å². The number of carboxylic acid groups (broad SMARTS) is 1. The van der Waals surface area contributed by atoms with Gasteiger partial charge in [-0.1, -0.05) is 18.2 Å². The molecule has 10 heteroatoms. The molecule has 1 aromatic carbocycles. The number of rotatable bonds is 10. The number of nitrogens with one attached hydrogen (secondary N) is 2. The topological polar surface area (TPSA) is 133 Å². The quantitative estimate of drug-likeness (QED) is 0.449. The molecule has 2 heterocycles. The van der Waals surface area contributed by atoms with Crippen LogP contribution in [0.1, 0.15) is 44.9 Å². The van der Waals surface area contributed by atoms with Crippen molar-refractivity contribution in [3.63, 3.8) is 0 Å². The smallest absolute Gasteiger partial charge is 0.326 e. The summed E-state index contributed by atoms with van der Waals surface area (Å²) in [5.74, 6) is -2.01. The number of piperidine rings is 2. The first kappa shape index (κ1) is 26.2. The molecule has 0 bridgehead atoms. The minimum atomic E-state index is -3.66. The van der Waals surface area contributed by atoms with Gasteiger partial charge in [-0.15, -0.1) is 0 Å². The number of likely N-dealkylation sites (tertiary alicyclic amines) is 1. The fraction of sp³-hybridized carbons (Fsp3) is 0.625. The van der Waals surface area contributed by atoms with Crippen LogP contribution in [0, 0.1) is 11.8 Å². The van der Waals surface area contributed by atoms with E-state index in [1.807, 2.05) is 0 Å². The second-order valence-corrected chi connectivity index (χ2v) is 11.3. The summed E-state index contributed by atoms with van der Waals surface area (Å²) in [5.41, 5.74) is 0. The Kier molecular flexibility index (Phi) is 9.46. The predicted molar refractivity (Wildman–Crippen MR) is 127 cm³/mol. The van der Waals surface area contributed by atoms with Crippen molar-refractivity contribution < 1.29 is 27.9 Å². The van der Waals surface area contributed by atoms with Gasteiger partial charge in [0.2, 0.25) is 11.8 Å². The van der Waals surface area contributed by atoms with Crippen LogP contribution in [0.15, 0.2) is 35.2 Å². The first-order valence-corrected chi connectivity index (χ1v) is 13.7. The van der Waals surface area contributed by atoms with E-state index in [9.17, 15) is 27.9 Å². The van der Waals surface area contributed by atoms with Gasteiger partial charge in [-0.2, -0.15) is 0 Å². The summed E-state index contributed by atoms with van der Waals surface area (Å²) < 4.78 is 25.0. The van der Waals surface area contributed by atoms with Crippen molar-refractivity contribution in [2.45, 2.75) is 55.9 Å². The van der Waals surface area contributed by atoms with Crippen molar-refractivity contribution >= 4 is 27.6 Å². The highest BCUT2D eigenvalue weighted by Crippen LogP contribution is 2.22. The zero-order chi connectivity index (χ0) is 24.6. The van der Waals surface area contributed by atoms with Crippen LogP contribution < -0.4 is 10.6 Å². The minimum Gasteiger partial charge on any atom is -0.480 e. The van der Waals surface area contributed by atoms with Crippen LogP contribution in [-0.2, 0) is 24.2 Å². The van der Waals surface area contributed by atoms with E-state index in [1.165, 1.54) is 12.1 Å². The lowest BCUT2D eigenvalue weighted by Gasteiger charge is -2.33. The molecule has 2 amide bonds. The highest BCUT2D eigenvalue weighted by molar-refractivity contribution is 7.91. The lowest BCUT2D eigenvalue weighted by atomic mass is 9.92. The molecule has 2 fully saturated rings. The van der Waals surface area contributed by atoms with Gasteiger partial charge in [0.25, 0.3) is 0 Å². The van der Waals surface area contributed by atoms with Gasteiger partial charge >= 0.3 is 5.97 Å². The van der Waals surface area contributed by atoms with Crippen LogP contribution >= 0.6 is 0 Å². The number of benzene rings is 1. The molecule has 188 valence electrons. The standard InChI is InChI=1S/C24H35N3O6S/c28-22(9-8-18-10-13-25-14-11-18)27-15-4-5-19(17-27)23(29)26-21(24(30)31)12-16-34(32,33)20-6-2-1-3-7-20/h1-3,6-7,18-19,21,25H,4-5,8-17H2,(H,26,29)(H,30,31)/t19-,21+/m1/s1. The fourth-order valence-electron chi connectivity index (χ4n) is 4.64. The highest BCUT2D eigenvalue weighted by atomic mass is 32.2. The maximum absolute atomic E-state index is 12.8. The summed E-state index contributed by atoms with van der Waals surface area (Å²) in [5, 5.41) is 15.4. The first-order valence-electron chi connectivity index (χ1n) is 12.1. The molecule has 2 atom stereocenters. The summed E-state index contributed by atoms with van der Waals surface area (Å²) in [6, 6.07) is 6.52. The van der Waals surface area contributed by atoms with Gasteiger partial charge in [0.05, 0.1) is 16.6 Å². The van der Waals surface area contributed by atoms with Gasteiger partial charge in [-0.25, -0.2) is 13.2 Å². The van der Waals surface area contributed by atoms with E-state index in [-0.39, 0.29) is 29.5 Å². The second kappa shape index (κ2) is 12.3. The molecular weight excluding hydrogens is 458 g/mol. The Bertz CT molecular complexity index is 947. The molecule has 34 heavy (non-hydrogen) atoms. The summed E-state index contributed by atoms with van der Waals surface area (Å²) in [6.45, 7) is 2.85. The van der Waals surface area contributed by atoms with E-state index < -0.39 is 33.7 Å². The van der Waals surface area contributed by atoms with Gasteiger partial charge in [0, 0.05) is 19.5 Å². The summed E-state index contributed by atoms with van der Waals surface area (Å²) >= 11 is 0. The molecule has 3 N–H and O–H groups in total. The summed E-state index contributed by atoms with van der Waals surface area (Å²) in [4.78, 5) is 39.1. The van der Waals surface area contributed by atoms with Crippen molar-refractivity contribution in [3.8, 4) is 0 Å². The summed E-state index contributed by atoms with van der Waals surface area (Å²) in [7, 11) is -3.66. The Morgan fingerprint density at radius 3 is 2.50 bits per heavy atom. The molecule has 0 aliphatic carbocycles. The molecule has 0 unspecified atom stereocenters. The third-order valence-electron chi connectivity index (χ3n) is 6.76. The fourth-order valence-corrected chi connectivity index (χ4v) is 5.99. The zero-order valence-corrected chi connectivity index (χ0v) is 20.3. The van der Waals surface area contributed by atoms with E-state index in [2.05, 4.69) is 10.6 Å². The van der Waals surface area contributed by atoms with Crippen LogP contribution in [0.4, 0.5) is 0 Å². The molecule has 3 rings (SSSR count). The van der Waals surface area contributed by atoms with Crippen LogP contribution in [0.5, 0.6) is 0 Å². The summed E-state index contributed by atoms with van der Waals surface area (Å²) in [6.07, 6.45) is 4.49. The van der Waals surface area contributed by atoms with Crippen molar-refractivity contribution in [2.24, 2.45) is 11.8 Å². The number of hydrogen-bond acceptors (Lipinski definition) is 6. The Hall–Kier alpha value is -2.46. The number of carboxylic acids is 1.